The Morgan fingerprint density at radius 3 is 2.73 bits per heavy atom. The average molecular weight is 174 g/mol. The maximum Gasteiger partial charge on any atom is 0.338 e. The summed E-state index contributed by atoms with van der Waals surface area (Å²) in [5.41, 5.74) is 3.55. The standard InChI is InChI=1S/C6H10N2O2S/c1-11-3-2-6(8,4-7)5(9)10/h2-3,8H2,1H3,(H,9,10). The summed E-state index contributed by atoms with van der Waals surface area (Å²) in [4.78, 5) is 10.4. The minimum absolute atomic E-state index is 0.181. The van der Waals surface area contributed by atoms with E-state index in [2.05, 4.69) is 0 Å². The Kier molecular flexibility index (Phi) is 3.93. The lowest BCUT2D eigenvalue weighted by molar-refractivity contribution is -0.141. The van der Waals surface area contributed by atoms with Crippen LogP contribution in [-0.4, -0.2) is 28.6 Å². The van der Waals surface area contributed by atoms with E-state index in [1.54, 1.807) is 6.07 Å². The van der Waals surface area contributed by atoms with Gasteiger partial charge >= 0.3 is 5.97 Å². The molecule has 0 saturated heterocycles. The maximum absolute atomic E-state index is 10.4. The van der Waals surface area contributed by atoms with Crippen molar-refractivity contribution in [3.05, 3.63) is 0 Å². The molecule has 0 saturated carbocycles. The fourth-order valence-corrected chi connectivity index (χ4v) is 1.000. The van der Waals surface area contributed by atoms with E-state index in [0.717, 1.165) is 0 Å². The van der Waals surface area contributed by atoms with Gasteiger partial charge in [0.15, 0.2) is 0 Å². The third-order valence-electron chi connectivity index (χ3n) is 1.28. The molecule has 1 atom stereocenters. The van der Waals surface area contributed by atoms with Crippen LogP contribution < -0.4 is 5.73 Å². The van der Waals surface area contributed by atoms with E-state index in [4.69, 9.17) is 16.1 Å². The molecule has 0 bridgehead atoms. The Bertz CT molecular complexity index is 190. The van der Waals surface area contributed by atoms with Crippen LogP contribution in [0.3, 0.4) is 0 Å². The SMILES string of the molecule is CSCCC(N)(C#N)C(=O)O. The van der Waals surface area contributed by atoms with Gasteiger partial charge in [0, 0.05) is 0 Å². The number of carboxylic acids is 1. The number of thioether (sulfide) groups is 1. The molecule has 0 aromatic heterocycles. The summed E-state index contributed by atoms with van der Waals surface area (Å²) in [5, 5.41) is 16.9. The zero-order valence-electron chi connectivity index (χ0n) is 6.20. The van der Waals surface area contributed by atoms with E-state index >= 15 is 0 Å². The molecule has 62 valence electrons. The van der Waals surface area contributed by atoms with E-state index in [9.17, 15) is 4.79 Å². The molecule has 11 heavy (non-hydrogen) atoms. The predicted molar refractivity (Wildman–Crippen MR) is 43.2 cm³/mol. The van der Waals surface area contributed by atoms with Gasteiger partial charge in [0.25, 0.3) is 0 Å². The van der Waals surface area contributed by atoms with Crippen molar-refractivity contribution in [2.75, 3.05) is 12.0 Å². The zero-order chi connectivity index (χ0) is 8.91. The maximum atomic E-state index is 10.4. The molecular weight excluding hydrogens is 164 g/mol. The first kappa shape index (κ1) is 10.3. The fraction of sp³-hybridized carbons (Fsp3) is 0.667. The molecular formula is C6H10N2O2S. The molecule has 3 N–H and O–H groups in total. The smallest absolute Gasteiger partial charge is 0.338 e. The molecule has 0 aromatic carbocycles. The topological polar surface area (TPSA) is 87.1 Å². The Morgan fingerprint density at radius 2 is 2.45 bits per heavy atom. The van der Waals surface area contributed by atoms with E-state index in [-0.39, 0.29) is 6.42 Å². The molecule has 5 heteroatoms. The predicted octanol–water partition coefficient (Wildman–Crippen LogP) is 0.0452. The van der Waals surface area contributed by atoms with E-state index < -0.39 is 11.5 Å². The Morgan fingerprint density at radius 1 is 1.91 bits per heavy atom. The third-order valence-corrected chi connectivity index (χ3v) is 1.89. The van der Waals surface area contributed by atoms with Gasteiger partial charge in [-0.05, 0) is 18.4 Å². The molecule has 4 nitrogen and oxygen atoms in total. The summed E-state index contributed by atoms with van der Waals surface area (Å²) in [6, 6.07) is 1.58. The first-order chi connectivity index (χ1) is 5.06. The second-order valence-electron chi connectivity index (χ2n) is 2.13. The van der Waals surface area contributed by atoms with Crippen molar-refractivity contribution >= 4 is 17.7 Å². The van der Waals surface area contributed by atoms with Crippen molar-refractivity contribution in [1.82, 2.24) is 0 Å². The van der Waals surface area contributed by atoms with Crippen LogP contribution in [0.25, 0.3) is 0 Å². The monoisotopic (exact) mass is 174 g/mol. The molecule has 0 rings (SSSR count). The van der Waals surface area contributed by atoms with Crippen molar-refractivity contribution in [3.8, 4) is 6.07 Å². The zero-order valence-corrected chi connectivity index (χ0v) is 7.02. The Hall–Kier alpha value is -0.730. The van der Waals surface area contributed by atoms with Crippen LogP contribution in [0, 0.1) is 11.3 Å². The van der Waals surface area contributed by atoms with Gasteiger partial charge in [0.05, 0.1) is 6.07 Å². The first-order valence-corrected chi connectivity index (χ1v) is 4.38. The highest BCUT2D eigenvalue weighted by atomic mass is 32.2. The second-order valence-corrected chi connectivity index (χ2v) is 3.12. The van der Waals surface area contributed by atoms with Crippen molar-refractivity contribution in [1.29, 1.82) is 5.26 Å². The molecule has 0 spiro atoms. The van der Waals surface area contributed by atoms with Crippen molar-refractivity contribution in [2.45, 2.75) is 12.0 Å². The molecule has 0 aliphatic heterocycles. The minimum atomic E-state index is -1.71. The Labute approximate surface area is 69.4 Å². The first-order valence-electron chi connectivity index (χ1n) is 2.99. The minimum Gasteiger partial charge on any atom is -0.479 e. The van der Waals surface area contributed by atoms with Crippen LogP contribution >= 0.6 is 11.8 Å². The summed E-state index contributed by atoms with van der Waals surface area (Å²) >= 11 is 1.47. The lowest BCUT2D eigenvalue weighted by atomic mass is 10.0. The van der Waals surface area contributed by atoms with Gasteiger partial charge in [-0.2, -0.15) is 17.0 Å². The lowest BCUT2D eigenvalue weighted by Gasteiger charge is -2.14. The number of rotatable bonds is 4. The van der Waals surface area contributed by atoms with Gasteiger partial charge in [-0.1, -0.05) is 0 Å². The molecule has 0 aromatic rings. The lowest BCUT2D eigenvalue weighted by Crippen LogP contribution is -2.47. The van der Waals surface area contributed by atoms with Crippen LogP contribution in [0.15, 0.2) is 0 Å². The molecule has 0 fully saturated rings. The molecule has 1 unspecified atom stereocenters. The van der Waals surface area contributed by atoms with Crippen LogP contribution in [0.4, 0.5) is 0 Å². The number of hydrogen-bond donors (Lipinski definition) is 2. The van der Waals surface area contributed by atoms with Gasteiger partial charge < -0.3 is 10.8 Å². The molecule has 0 heterocycles. The molecule has 0 aliphatic carbocycles. The number of nitriles is 1. The second kappa shape index (κ2) is 4.21. The molecule has 0 radical (unpaired) electrons. The number of nitrogens with zero attached hydrogens (tertiary/aromatic N) is 1. The number of hydrogen-bond acceptors (Lipinski definition) is 4. The summed E-state index contributed by atoms with van der Waals surface area (Å²) in [5.74, 6) is -0.676. The number of aliphatic carboxylic acids is 1. The third kappa shape index (κ3) is 2.78. The van der Waals surface area contributed by atoms with Crippen molar-refractivity contribution in [2.24, 2.45) is 5.73 Å². The van der Waals surface area contributed by atoms with E-state index in [0.29, 0.717) is 5.75 Å². The molecule has 0 aliphatic rings. The highest BCUT2D eigenvalue weighted by molar-refractivity contribution is 7.98. The van der Waals surface area contributed by atoms with Gasteiger partial charge in [0.2, 0.25) is 5.54 Å². The summed E-state index contributed by atoms with van der Waals surface area (Å²) in [7, 11) is 0. The molecule has 0 amide bonds. The summed E-state index contributed by atoms with van der Waals surface area (Å²) in [6.07, 6.45) is 2.01. The van der Waals surface area contributed by atoms with Gasteiger partial charge in [-0.3, -0.25) is 0 Å². The van der Waals surface area contributed by atoms with E-state index in [1.807, 2.05) is 6.26 Å². The van der Waals surface area contributed by atoms with Gasteiger partial charge in [0.1, 0.15) is 0 Å². The van der Waals surface area contributed by atoms with Gasteiger partial charge in [-0.25, -0.2) is 4.79 Å². The Balaban J connectivity index is 4.14. The van der Waals surface area contributed by atoms with Gasteiger partial charge in [-0.15, -0.1) is 0 Å². The number of carbonyl (C=O) groups is 1. The van der Waals surface area contributed by atoms with Crippen LogP contribution in [0.5, 0.6) is 0 Å². The highest BCUT2D eigenvalue weighted by Crippen LogP contribution is 2.09. The van der Waals surface area contributed by atoms with Crippen molar-refractivity contribution < 1.29 is 9.90 Å². The van der Waals surface area contributed by atoms with Crippen molar-refractivity contribution in [3.63, 3.8) is 0 Å². The van der Waals surface area contributed by atoms with Crippen LogP contribution in [0.2, 0.25) is 0 Å². The van der Waals surface area contributed by atoms with Crippen LogP contribution in [-0.2, 0) is 4.79 Å². The summed E-state index contributed by atoms with van der Waals surface area (Å²) < 4.78 is 0. The average Bonchev–Trinajstić information content (AvgIpc) is 2.00. The number of carboxylic acid groups (broad SMARTS) is 1. The largest absolute Gasteiger partial charge is 0.479 e. The fourth-order valence-electron chi connectivity index (χ4n) is 0.474. The normalized spacial score (nSPS) is 15.0. The van der Waals surface area contributed by atoms with Crippen LogP contribution in [0.1, 0.15) is 6.42 Å². The summed E-state index contributed by atoms with van der Waals surface area (Å²) in [6.45, 7) is 0. The van der Waals surface area contributed by atoms with E-state index in [1.165, 1.54) is 11.8 Å². The number of nitrogens with two attached hydrogens (primary N) is 1. The quantitative estimate of drug-likeness (QED) is 0.628. The highest BCUT2D eigenvalue weighted by Gasteiger charge is 2.33.